The Kier molecular flexibility index (Phi) is 3.56. The van der Waals surface area contributed by atoms with Gasteiger partial charge in [0.05, 0.1) is 30.6 Å². The number of hydrogen-bond acceptors (Lipinski definition) is 3. The number of aromatic nitrogens is 1. The summed E-state index contributed by atoms with van der Waals surface area (Å²) in [6.07, 6.45) is 5.69. The standard InChI is InChI=1S/C14H18FN3O2/c15-12-4-3-11(9-16-12)17-13(19)18-7-8-20-14(10-18)5-1-2-6-14/h3-4,9H,1-2,5-8,10H2,(H,17,19). The molecule has 108 valence electrons. The molecule has 2 heterocycles. The molecule has 0 unspecified atom stereocenters. The molecule has 1 aromatic heterocycles. The van der Waals surface area contributed by atoms with Crippen molar-refractivity contribution in [3.63, 3.8) is 0 Å². The number of carbonyl (C=O) groups is 1. The molecule has 1 spiro atoms. The molecule has 5 nitrogen and oxygen atoms in total. The molecule has 1 aromatic rings. The Balaban J connectivity index is 1.63. The number of nitrogens with one attached hydrogen (secondary N) is 1. The maximum Gasteiger partial charge on any atom is 0.322 e. The molecule has 1 saturated carbocycles. The molecule has 1 saturated heterocycles. The van der Waals surface area contributed by atoms with Gasteiger partial charge in [-0.1, -0.05) is 12.8 Å². The van der Waals surface area contributed by atoms with Gasteiger partial charge in [0.2, 0.25) is 5.95 Å². The fraction of sp³-hybridized carbons (Fsp3) is 0.571. The van der Waals surface area contributed by atoms with Gasteiger partial charge in [-0.05, 0) is 25.0 Å². The summed E-state index contributed by atoms with van der Waals surface area (Å²) in [4.78, 5) is 17.5. The van der Waals surface area contributed by atoms with Gasteiger partial charge in [0, 0.05) is 6.54 Å². The topological polar surface area (TPSA) is 54.5 Å². The van der Waals surface area contributed by atoms with Gasteiger partial charge in [-0.3, -0.25) is 0 Å². The van der Waals surface area contributed by atoms with Crippen molar-refractivity contribution in [3.8, 4) is 0 Å². The molecule has 0 radical (unpaired) electrons. The molecule has 0 bridgehead atoms. The lowest BCUT2D eigenvalue weighted by Crippen LogP contribution is -2.53. The Morgan fingerprint density at radius 3 is 2.90 bits per heavy atom. The number of anilines is 1. The predicted molar refractivity (Wildman–Crippen MR) is 71.9 cm³/mol. The van der Waals surface area contributed by atoms with E-state index >= 15 is 0 Å². The molecular weight excluding hydrogens is 261 g/mol. The van der Waals surface area contributed by atoms with Gasteiger partial charge in [-0.15, -0.1) is 0 Å². The summed E-state index contributed by atoms with van der Waals surface area (Å²) in [6, 6.07) is 2.56. The molecule has 1 aliphatic carbocycles. The van der Waals surface area contributed by atoms with Crippen LogP contribution in [-0.2, 0) is 4.74 Å². The van der Waals surface area contributed by atoms with E-state index in [-0.39, 0.29) is 11.6 Å². The van der Waals surface area contributed by atoms with Gasteiger partial charge in [-0.25, -0.2) is 9.78 Å². The smallest absolute Gasteiger partial charge is 0.322 e. The predicted octanol–water partition coefficient (Wildman–Crippen LogP) is 2.40. The maximum atomic E-state index is 12.7. The maximum absolute atomic E-state index is 12.7. The van der Waals surface area contributed by atoms with Gasteiger partial charge < -0.3 is 15.0 Å². The van der Waals surface area contributed by atoms with Gasteiger partial charge >= 0.3 is 6.03 Å². The average molecular weight is 279 g/mol. The minimum Gasteiger partial charge on any atom is -0.371 e. The molecule has 2 fully saturated rings. The van der Waals surface area contributed by atoms with E-state index in [1.807, 2.05) is 0 Å². The van der Waals surface area contributed by atoms with Gasteiger partial charge in [0.15, 0.2) is 0 Å². The Labute approximate surface area is 117 Å². The van der Waals surface area contributed by atoms with E-state index in [2.05, 4.69) is 10.3 Å². The molecule has 20 heavy (non-hydrogen) atoms. The normalized spacial score (nSPS) is 21.1. The van der Waals surface area contributed by atoms with Crippen molar-refractivity contribution in [2.75, 3.05) is 25.0 Å². The van der Waals surface area contributed by atoms with Crippen LogP contribution in [0.4, 0.5) is 14.9 Å². The minimum absolute atomic E-state index is 0.142. The fourth-order valence-corrected chi connectivity index (χ4v) is 2.99. The third-order valence-electron chi connectivity index (χ3n) is 4.03. The van der Waals surface area contributed by atoms with Crippen LogP contribution >= 0.6 is 0 Å². The zero-order valence-corrected chi connectivity index (χ0v) is 11.3. The first-order valence-electron chi connectivity index (χ1n) is 6.98. The average Bonchev–Trinajstić information content (AvgIpc) is 2.89. The van der Waals surface area contributed by atoms with Gasteiger partial charge in [0.1, 0.15) is 0 Å². The number of pyridine rings is 1. The molecule has 0 atom stereocenters. The zero-order valence-electron chi connectivity index (χ0n) is 11.3. The molecular formula is C14H18FN3O2. The first-order valence-corrected chi connectivity index (χ1v) is 6.98. The molecule has 0 aromatic carbocycles. The number of ether oxygens (including phenoxy) is 1. The second kappa shape index (κ2) is 5.36. The van der Waals surface area contributed by atoms with Crippen molar-refractivity contribution in [3.05, 3.63) is 24.3 Å². The van der Waals surface area contributed by atoms with Crippen LogP contribution < -0.4 is 5.32 Å². The van der Waals surface area contributed by atoms with Crippen LogP contribution in [-0.4, -0.2) is 41.2 Å². The number of amides is 2. The lowest BCUT2D eigenvalue weighted by Gasteiger charge is -2.40. The van der Waals surface area contributed by atoms with Crippen LogP contribution in [0.5, 0.6) is 0 Å². The molecule has 2 amide bonds. The number of carbonyl (C=O) groups excluding carboxylic acids is 1. The van der Waals surface area contributed by atoms with Crippen molar-refractivity contribution in [1.82, 2.24) is 9.88 Å². The number of nitrogens with zero attached hydrogens (tertiary/aromatic N) is 2. The van der Waals surface area contributed by atoms with E-state index in [4.69, 9.17) is 4.74 Å². The molecule has 2 aliphatic rings. The van der Waals surface area contributed by atoms with Crippen molar-refractivity contribution >= 4 is 11.7 Å². The van der Waals surface area contributed by atoms with Crippen LogP contribution in [0, 0.1) is 5.95 Å². The molecule has 1 aliphatic heterocycles. The largest absolute Gasteiger partial charge is 0.371 e. The fourth-order valence-electron chi connectivity index (χ4n) is 2.99. The molecule has 3 rings (SSSR count). The van der Waals surface area contributed by atoms with Crippen LogP contribution in [0.3, 0.4) is 0 Å². The Morgan fingerprint density at radius 1 is 1.40 bits per heavy atom. The van der Waals surface area contributed by atoms with E-state index in [1.54, 1.807) is 4.90 Å². The van der Waals surface area contributed by atoms with Crippen molar-refractivity contribution < 1.29 is 13.9 Å². The van der Waals surface area contributed by atoms with E-state index < -0.39 is 5.95 Å². The van der Waals surface area contributed by atoms with Crippen molar-refractivity contribution in [2.45, 2.75) is 31.3 Å². The second-order valence-corrected chi connectivity index (χ2v) is 5.46. The molecule has 1 N–H and O–H groups in total. The number of morpholine rings is 1. The van der Waals surface area contributed by atoms with E-state index in [0.717, 1.165) is 25.7 Å². The highest BCUT2D eigenvalue weighted by Gasteiger charge is 2.40. The first-order chi connectivity index (χ1) is 9.67. The summed E-state index contributed by atoms with van der Waals surface area (Å²) < 4.78 is 18.6. The summed E-state index contributed by atoms with van der Waals surface area (Å²) in [5.41, 5.74) is 0.361. The third kappa shape index (κ3) is 2.75. The van der Waals surface area contributed by atoms with Crippen molar-refractivity contribution in [2.24, 2.45) is 0 Å². The summed E-state index contributed by atoms with van der Waals surface area (Å²) in [6.45, 7) is 1.80. The SMILES string of the molecule is O=C(Nc1ccc(F)nc1)N1CCOC2(CCCC2)C1. The Hall–Kier alpha value is -1.69. The monoisotopic (exact) mass is 279 g/mol. The van der Waals surface area contributed by atoms with Crippen LogP contribution in [0.1, 0.15) is 25.7 Å². The van der Waals surface area contributed by atoms with Crippen molar-refractivity contribution in [1.29, 1.82) is 0 Å². The summed E-state index contributed by atoms with van der Waals surface area (Å²) >= 11 is 0. The van der Waals surface area contributed by atoms with Gasteiger partial charge in [0.25, 0.3) is 0 Å². The summed E-state index contributed by atoms with van der Waals surface area (Å²) in [5, 5.41) is 2.75. The number of halogens is 1. The first kappa shape index (κ1) is 13.3. The third-order valence-corrected chi connectivity index (χ3v) is 4.03. The lowest BCUT2D eigenvalue weighted by atomic mass is 10.00. The Bertz CT molecular complexity index is 486. The van der Waals surface area contributed by atoms with E-state index in [9.17, 15) is 9.18 Å². The Morgan fingerprint density at radius 2 is 2.20 bits per heavy atom. The lowest BCUT2D eigenvalue weighted by molar-refractivity contribution is -0.0914. The van der Waals surface area contributed by atoms with Crippen LogP contribution in [0.2, 0.25) is 0 Å². The summed E-state index contributed by atoms with van der Waals surface area (Å²) in [7, 11) is 0. The quantitative estimate of drug-likeness (QED) is 0.803. The minimum atomic E-state index is -0.556. The summed E-state index contributed by atoms with van der Waals surface area (Å²) in [5.74, 6) is -0.556. The second-order valence-electron chi connectivity index (χ2n) is 5.46. The highest BCUT2D eigenvalue weighted by atomic mass is 19.1. The molecule has 6 heteroatoms. The van der Waals surface area contributed by atoms with Gasteiger partial charge in [-0.2, -0.15) is 4.39 Å². The van der Waals surface area contributed by atoms with Crippen LogP contribution in [0.25, 0.3) is 0 Å². The van der Waals surface area contributed by atoms with E-state index in [0.29, 0.717) is 25.4 Å². The number of rotatable bonds is 1. The zero-order chi connectivity index (χ0) is 14.0. The number of hydrogen-bond donors (Lipinski definition) is 1. The van der Waals surface area contributed by atoms with Crippen LogP contribution in [0.15, 0.2) is 18.3 Å². The highest BCUT2D eigenvalue weighted by Crippen LogP contribution is 2.35. The highest BCUT2D eigenvalue weighted by molar-refractivity contribution is 5.89. The van der Waals surface area contributed by atoms with E-state index in [1.165, 1.54) is 18.3 Å². The number of urea groups is 1.